The van der Waals surface area contributed by atoms with Crippen LogP contribution in [0.2, 0.25) is 0 Å². The standard InChI is InChI=1S/C15H19FN2/c1-4-6-12-9-11-8-7-10(3)13(16)14(11)18-15(12)17-5-2/h7-9H,4-6H2,1-3H3,(H,17,18). The minimum absolute atomic E-state index is 0.213. The molecule has 2 nitrogen and oxygen atoms in total. The maximum atomic E-state index is 14.0. The molecule has 1 heterocycles. The molecule has 0 amide bonds. The van der Waals surface area contributed by atoms with E-state index in [0.717, 1.165) is 36.2 Å². The average Bonchev–Trinajstić information content (AvgIpc) is 2.36. The van der Waals surface area contributed by atoms with Gasteiger partial charge in [0, 0.05) is 11.9 Å². The SMILES string of the molecule is CCCc1cc2ccc(C)c(F)c2nc1NCC. The van der Waals surface area contributed by atoms with E-state index in [1.54, 1.807) is 6.92 Å². The number of aryl methyl sites for hydroxylation is 2. The number of hydrogen-bond donors (Lipinski definition) is 1. The molecule has 0 spiro atoms. The summed E-state index contributed by atoms with van der Waals surface area (Å²) in [7, 11) is 0. The predicted molar refractivity (Wildman–Crippen MR) is 74.6 cm³/mol. The Kier molecular flexibility index (Phi) is 3.80. The van der Waals surface area contributed by atoms with Gasteiger partial charge in [0.2, 0.25) is 0 Å². The fourth-order valence-corrected chi connectivity index (χ4v) is 2.13. The first-order chi connectivity index (χ1) is 8.67. The average molecular weight is 246 g/mol. The topological polar surface area (TPSA) is 24.9 Å². The lowest BCUT2D eigenvalue weighted by atomic mass is 10.1. The summed E-state index contributed by atoms with van der Waals surface area (Å²) in [4.78, 5) is 4.46. The normalized spacial score (nSPS) is 10.9. The second-order valence-corrected chi connectivity index (χ2v) is 4.54. The molecule has 0 fully saturated rings. The number of fused-ring (bicyclic) bond motifs is 1. The van der Waals surface area contributed by atoms with E-state index in [4.69, 9.17) is 0 Å². The molecule has 0 radical (unpaired) electrons. The minimum Gasteiger partial charge on any atom is -0.370 e. The van der Waals surface area contributed by atoms with Crippen LogP contribution in [-0.2, 0) is 6.42 Å². The molecular formula is C15H19FN2. The van der Waals surface area contributed by atoms with E-state index in [2.05, 4.69) is 17.2 Å². The van der Waals surface area contributed by atoms with E-state index in [1.165, 1.54) is 0 Å². The summed E-state index contributed by atoms with van der Waals surface area (Å²) in [6.45, 7) is 6.72. The van der Waals surface area contributed by atoms with Crippen LogP contribution < -0.4 is 5.32 Å². The van der Waals surface area contributed by atoms with E-state index in [9.17, 15) is 4.39 Å². The van der Waals surface area contributed by atoms with Gasteiger partial charge in [0.25, 0.3) is 0 Å². The lowest BCUT2D eigenvalue weighted by molar-refractivity contribution is 0.627. The molecule has 96 valence electrons. The first kappa shape index (κ1) is 12.8. The van der Waals surface area contributed by atoms with Gasteiger partial charge in [-0.15, -0.1) is 0 Å². The molecule has 1 aromatic carbocycles. The second kappa shape index (κ2) is 5.34. The van der Waals surface area contributed by atoms with Crippen molar-refractivity contribution in [3.63, 3.8) is 0 Å². The van der Waals surface area contributed by atoms with Crippen LogP contribution in [0.1, 0.15) is 31.4 Å². The predicted octanol–water partition coefficient (Wildman–Crippen LogP) is 4.07. The monoisotopic (exact) mass is 246 g/mol. The summed E-state index contributed by atoms with van der Waals surface area (Å²) in [5.41, 5.74) is 2.27. The summed E-state index contributed by atoms with van der Waals surface area (Å²) in [6, 6.07) is 5.80. The number of nitrogens with one attached hydrogen (secondary N) is 1. The molecule has 0 aliphatic heterocycles. The molecule has 2 aromatic rings. The molecule has 3 heteroatoms. The van der Waals surface area contributed by atoms with Gasteiger partial charge in [-0.25, -0.2) is 9.37 Å². The molecule has 1 aromatic heterocycles. The number of benzene rings is 1. The molecule has 1 N–H and O–H groups in total. The highest BCUT2D eigenvalue weighted by atomic mass is 19.1. The number of nitrogens with zero attached hydrogens (tertiary/aromatic N) is 1. The zero-order chi connectivity index (χ0) is 13.1. The van der Waals surface area contributed by atoms with Gasteiger partial charge in [-0.3, -0.25) is 0 Å². The van der Waals surface area contributed by atoms with Gasteiger partial charge >= 0.3 is 0 Å². The van der Waals surface area contributed by atoms with Crippen molar-refractivity contribution in [1.82, 2.24) is 4.98 Å². The Morgan fingerprint density at radius 3 is 2.72 bits per heavy atom. The van der Waals surface area contributed by atoms with Gasteiger partial charge in [0.05, 0.1) is 0 Å². The quantitative estimate of drug-likeness (QED) is 0.879. The van der Waals surface area contributed by atoms with Crippen molar-refractivity contribution < 1.29 is 4.39 Å². The molecule has 0 atom stereocenters. The van der Waals surface area contributed by atoms with Crippen LogP contribution in [0.25, 0.3) is 10.9 Å². The molecule has 2 rings (SSSR count). The van der Waals surface area contributed by atoms with Crippen molar-refractivity contribution in [1.29, 1.82) is 0 Å². The fourth-order valence-electron chi connectivity index (χ4n) is 2.13. The van der Waals surface area contributed by atoms with Crippen LogP contribution >= 0.6 is 0 Å². The van der Waals surface area contributed by atoms with Gasteiger partial charge < -0.3 is 5.32 Å². The Morgan fingerprint density at radius 2 is 2.06 bits per heavy atom. The van der Waals surface area contributed by atoms with Crippen molar-refractivity contribution in [2.75, 3.05) is 11.9 Å². The molecule has 0 aliphatic carbocycles. The maximum Gasteiger partial charge on any atom is 0.152 e. The van der Waals surface area contributed by atoms with E-state index in [1.807, 2.05) is 25.1 Å². The van der Waals surface area contributed by atoms with E-state index in [-0.39, 0.29) is 5.82 Å². The third-order valence-corrected chi connectivity index (χ3v) is 3.06. The van der Waals surface area contributed by atoms with E-state index >= 15 is 0 Å². The Labute approximate surface area is 107 Å². The Morgan fingerprint density at radius 1 is 1.28 bits per heavy atom. The number of aromatic nitrogens is 1. The van der Waals surface area contributed by atoms with Crippen molar-refractivity contribution in [2.45, 2.75) is 33.6 Å². The number of hydrogen-bond acceptors (Lipinski definition) is 2. The Balaban J connectivity index is 2.64. The lowest BCUT2D eigenvalue weighted by Crippen LogP contribution is -2.04. The number of halogens is 1. The number of anilines is 1. The number of rotatable bonds is 4. The van der Waals surface area contributed by atoms with Crippen LogP contribution in [-0.4, -0.2) is 11.5 Å². The maximum absolute atomic E-state index is 14.0. The zero-order valence-corrected chi connectivity index (χ0v) is 11.2. The van der Waals surface area contributed by atoms with Crippen LogP contribution in [0.4, 0.5) is 10.2 Å². The minimum atomic E-state index is -0.213. The van der Waals surface area contributed by atoms with Gasteiger partial charge in [-0.1, -0.05) is 25.5 Å². The van der Waals surface area contributed by atoms with Gasteiger partial charge in [-0.2, -0.15) is 0 Å². The highest BCUT2D eigenvalue weighted by Crippen LogP contribution is 2.25. The molecular weight excluding hydrogens is 227 g/mol. The summed E-state index contributed by atoms with van der Waals surface area (Å²) >= 11 is 0. The molecule has 0 unspecified atom stereocenters. The summed E-state index contributed by atoms with van der Waals surface area (Å²) in [6.07, 6.45) is 2.01. The molecule has 18 heavy (non-hydrogen) atoms. The van der Waals surface area contributed by atoms with Crippen LogP contribution in [0.15, 0.2) is 18.2 Å². The highest BCUT2D eigenvalue weighted by Gasteiger charge is 2.10. The zero-order valence-electron chi connectivity index (χ0n) is 11.2. The summed E-state index contributed by atoms with van der Waals surface area (Å²) in [5, 5.41) is 4.10. The third-order valence-electron chi connectivity index (χ3n) is 3.06. The molecule has 0 bridgehead atoms. The van der Waals surface area contributed by atoms with Crippen molar-refractivity contribution in [2.24, 2.45) is 0 Å². The molecule has 0 saturated heterocycles. The first-order valence-electron chi connectivity index (χ1n) is 6.50. The molecule has 0 aliphatic rings. The summed E-state index contributed by atoms with van der Waals surface area (Å²) in [5.74, 6) is 0.603. The van der Waals surface area contributed by atoms with E-state index in [0.29, 0.717) is 11.1 Å². The lowest BCUT2D eigenvalue weighted by Gasteiger charge is -2.12. The van der Waals surface area contributed by atoms with Crippen LogP contribution in [0, 0.1) is 12.7 Å². The Hall–Kier alpha value is -1.64. The van der Waals surface area contributed by atoms with Crippen molar-refractivity contribution >= 4 is 16.7 Å². The fraction of sp³-hybridized carbons (Fsp3) is 0.400. The number of pyridine rings is 1. The van der Waals surface area contributed by atoms with Crippen molar-refractivity contribution in [3.05, 3.63) is 35.1 Å². The van der Waals surface area contributed by atoms with Crippen LogP contribution in [0.5, 0.6) is 0 Å². The van der Waals surface area contributed by atoms with E-state index < -0.39 is 0 Å². The van der Waals surface area contributed by atoms with Crippen LogP contribution in [0.3, 0.4) is 0 Å². The van der Waals surface area contributed by atoms with Gasteiger partial charge in [-0.05, 0) is 37.5 Å². The molecule has 0 saturated carbocycles. The van der Waals surface area contributed by atoms with Gasteiger partial charge in [0.15, 0.2) is 5.82 Å². The first-order valence-corrected chi connectivity index (χ1v) is 6.50. The second-order valence-electron chi connectivity index (χ2n) is 4.54. The largest absolute Gasteiger partial charge is 0.370 e. The Bertz CT molecular complexity index is 564. The van der Waals surface area contributed by atoms with Gasteiger partial charge in [0.1, 0.15) is 11.3 Å². The summed E-state index contributed by atoms with van der Waals surface area (Å²) < 4.78 is 14.0. The smallest absolute Gasteiger partial charge is 0.152 e. The van der Waals surface area contributed by atoms with Crippen molar-refractivity contribution in [3.8, 4) is 0 Å². The third kappa shape index (κ3) is 2.30. The highest BCUT2D eigenvalue weighted by molar-refractivity contribution is 5.83.